The van der Waals surface area contributed by atoms with E-state index < -0.39 is 0 Å². The molecule has 0 saturated heterocycles. The molecule has 0 radical (unpaired) electrons. The Morgan fingerprint density at radius 2 is 0.964 bits per heavy atom. The fourth-order valence-electron chi connectivity index (χ4n) is 8.24. The van der Waals surface area contributed by atoms with Crippen LogP contribution in [0.15, 0.2) is 188 Å². The molecule has 0 amide bonds. The summed E-state index contributed by atoms with van der Waals surface area (Å²) in [6.07, 6.45) is 0. The minimum Gasteiger partial charge on any atom is -0.310 e. The van der Waals surface area contributed by atoms with Gasteiger partial charge in [-0.15, -0.1) is 0 Å². The second-order valence-electron chi connectivity index (χ2n) is 13.6. The number of nitriles is 2. The molecule has 55 heavy (non-hydrogen) atoms. The van der Waals surface area contributed by atoms with Gasteiger partial charge in [-0.1, -0.05) is 97.1 Å². The smallest absolute Gasteiger partial charge is 0.101 e. The summed E-state index contributed by atoms with van der Waals surface area (Å²) in [7, 11) is 0. The van der Waals surface area contributed by atoms with Crippen LogP contribution in [0.25, 0.3) is 66.1 Å². The highest BCUT2D eigenvalue weighted by atomic mass is 15.1. The minimum atomic E-state index is 0.442. The fraction of sp³-hybridized carbons (Fsp3) is 0. The molecule has 0 fully saturated rings. The SMILES string of the molecule is N#Cc1cccc(C#N)c1-n1c2ccc(N(c3ccccc3)c3ccccc3)cc2c2c(-c3ccc4c(c3)c3ccccc3n4-c3ccccc3)cccc21. The molecule has 0 aliphatic carbocycles. The molecule has 10 rings (SSSR count). The molecule has 5 nitrogen and oxygen atoms in total. The second kappa shape index (κ2) is 13.0. The van der Waals surface area contributed by atoms with E-state index in [2.05, 4.69) is 178 Å². The first-order chi connectivity index (χ1) is 27.2. The van der Waals surface area contributed by atoms with Gasteiger partial charge in [0.2, 0.25) is 0 Å². The number of anilines is 3. The molecule has 10 aromatic rings. The highest BCUT2D eigenvalue weighted by molar-refractivity contribution is 6.18. The number of para-hydroxylation sites is 5. The monoisotopic (exact) mass is 701 g/mol. The number of fused-ring (bicyclic) bond motifs is 6. The highest BCUT2D eigenvalue weighted by Crippen LogP contribution is 2.44. The lowest BCUT2D eigenvalue weighted by atomic mass is 9.97. The van der Waals surface area contributed by atoms with Gasteiger partial charge in [0.05, 0.1) is 38.9 Å². The summed E-state index contributed by atoms with van der Waals surface area (Å²) in [5.74, 6) is 0. The summed E-state index contributed by atoms with van der Waals surface area (Å²) in [5, 5.41) is 25.2. The van der Waals surface area contributed by atoms with Crippen molar-refractivity contribution in [1.29, 1.82) is 10.5 Å². The summed E-state index contributed by atoms with van der Waals surface area (Å²) in [4.78, 5) is 2.26. The van der Waals surface area contributed by atoms with Crippen molar-refractivity contribution in [2.24, 2.45) is 0 Å². The first-order valence-electron chi connectivity index (χ1n) is 18.2. The van der Waals surface area contributed by atoms with Gasteiger partial charge in [-0.3, -0.25) is 0 Å². The van der Waals surface area contributed by atoms with Gasteiger partial charge >= 0.3 is 0 Å². The number of hydrogen-bond donors (Lipinski definition) is 0. The number of aromatic nitrogens is 2. The zero-order chi connectivity index (χ0) is 36.9. The third-order valence-electron chi connectivity index (χ3n) is 10.6. The van der Waals surface area contributed by atoms with Crippen LogP contribution >= 0.6 is 0 Å². The summed E-state index contributed by atoms with van der Waals surface area (Å²) in [6, 6.07) is 69.6. The Kier molecular flexibility index (Phi) is 7.51. The van der Waals surface area contributed by atoms with Crippen molar-refractivity contribution in [3.63, 3.8) is 0 Å². The van der Waals surface area contributed by atoms with Crippen LogP contribution < -0.4 is 4.90 Å². The van der Waals surface area contributed by atoms with E-state index in [-0.39, 0.29) is 0 Å². The van der Waals surface area contributed by atoms with Gasteiger partial charge in [-0.05, 0) is 102 Å². The highest BCUT2D eigenvalue weighted by Gasteiger charge is 2.23. The summed E-state index contributed by atoms with van der Waals surface area (Å²) in [5.41, 5.74) is 11.9. The van der Waals surface area contributed by atoms with Crippen molar-refractivity contribution in [3.8, 4) is 34.6 Å². The van der Waals surface area contributed by atoms with E-state index in [0.29, 0.717) is 16.8 Å². The van der Waals surface area contributed by atoms with Crippen LogP contribution in [0.1, 0.15) is 11.1 Å². The van der Waals surface area contributed by atoms with Gasteiger partial charge in [-0.2, -0.15) is 10.5 Å². The van der Waals surface area contributed by atoms with Crippen LogP contribution in [-0.4, -0.2) is 9.13 Å². The van der Waals surface area contributed by atoms with Crippen LogP contribution in [0, 0.1) is 22.7 Å². The molecule has 2 heterocycles. The number of rotatable bonds is 6. The normalized spacial score (nSPS) is 11.2. The van der Waals surface area contributed by atoms with Crippen LogP contribution in [0.3, 0.4) is 0 Å². The van der Waals surface area contributed by atoms with E-state index in [1.54, 1.807) is 18.2 Å². The van der Waals surface area contributed by atoms with Crippen molar-refractivity contribution in [2.75, 3.05) is 4.90 Å². The number of benzene rings is 8. The minimum absolute atomic E-state index is 0.442. The Labute approximate surface area is 318 Å². The Balaban J connectivity index is 1.29. The predicted octanol–water partition coefficient (Wildman–Crippen LogP) is 12.8. The molecule has 0 aliphatic heterocycles. The number of nitrogens with zero attached hydrogens (tertiary/aromatic N) is 5. The third kappa shape index (κ3) is 5.07. The molecule has 0 saturated carbocycles. The van der Waals surface area contributed by atoms with E-state index in [1.807, 2.05) is 18.2 Å². The zero-order valence-electron chi connectivity index (χ0n) is 29.6. The van der Waals surface area contributed by atoms with E-state index in [4.69, 9.17) is 0 Å². The van der Waals surface area contributed by atoms with Crippen molar-refractivity contribution < 1.29 is 0 Å². The maximum atomic E-state index is 10.4. The molecule has 0 atom stereocenters. The molecule has 0 N–H and O–H groups in total. The molecular formula is C50H31N5. The van der Waals surface area contributed by atoms with Crippen LogP contribution in [0.2, 0.25) is 0 Å². The first-order valence-corrected chi connectivity index (χ1v) is 18.2. The molecule has 0 unspecified atom stereocenters. The average Bonchev–Trinajstić information content (AvgIpc) is 3.76. The molecule has 0 bridgehead atoms. The maximum absolute atomic E-state index is 10.4. The molecule has 8 aromatic carbocycles. The standard InChI is InChI=1S/C50H31N5/c51-32-35-14-12-15-36(33-52)50(35)55-47-29-27-40(53(37-16-4-1-5-17-37)38-18-6-2-7-19-38)31-44(47)49-41(23-13-25-48(49)55)34-26-28-46-43(30-34)42-22-10-11-24-45(42)54(46)39-20-8-3-9-21-39/h1-31H. The molecule has 5 heteroatoms. The van der Waals surface area contributed by atoms with Crippen molar-refractivity contribution in [3.05, 3.63) is 199 Å². The van der Waals surface area contributed by atoms with Gasteiger partial charge in [-0.25, -0.2) is 0 Å². The Bertz CT molecular complexity index is 3090. The predicted molar refractivity (Wildman–Crippen MR) is 225 cm³/mol. The Morgan fingerprint density at radius 3 is 1.65 bits per heavy atom. The van der Waals surface area contributed by atoms with Crippen LogP contribution in [-0.2, 0) is 0 Å². The van der Waals surface area contributed by atoms with Crippen LogP contribution in [0.5, 0.6) is 0 Å². The lowest BCUT2D eigenvalue weighted by molar-refractivity contribution is 1.15. The molecular weight excluding hydrogens is 671 g/mol. The van der Waals surface area contributed by atoms with Gasteiger partial charge in [0.25, 0.3) is 0 Å². The van der Waals surface area contributed by atoms with E-state index >= 15 is 0 Å². The second-order valence-corrected chi connectivity index (χ2v) is 13.6. The van der Waals surface area contributed by atoms with Crippen molar-refractivity contribution >= 4 is 60.7 Å². The molecule has 2 aromatic heterocycles. The van der Waals surface area contributed by atoms with Gasteiger partial charge in [0.15, 0.2) is 0 Å². The fourth-order valence-corrected chi connectivity index (χ4v) is 8.24. The van der Waals surface area contributed by atoms with Gasteiger partial charge in [0.1, 0.15) is 12.1 Å². The summed E-state index contributed by atoms with van der Waals surface area (Å²) in [6.45, 7) is 0. The molecule has 0 aliphatic rings. The van der Waals surface area contributed by atoms with Crippen LogP contribution in [0.4, 0.5) is 17.1 Å². The summed E-state index contributed by atoms with van der Waals surface area (Å²) < 4.78 is 4.43. The van der Waals surface area contributed by atoms with Crippen molar-refractivity contribution in [2.45, 2.75) is 0 Å². The van der Waals surface area contributed by atoms with E-state index in [0.717, 1.165) is 66.7 Å². The molecule has 256 valence electrons. The van der Waals surface area contributed by atoms with Gasteiger partial charge < -0.3 is 14.0 Å². The lowest BCUT2D eigenvalue weighted by Gasteiger charge is -2.25. The maximum Gasteiger partial charge on any atom is 0.101 e. The first kappa shape index (κ1) is 31.8. The third-order valence-corrected chi connectivity index (χ3v) is 10.6. The van der Waals surface area contributed by atoms with E-state index in [9.17, 15) is 10.5 Å². The number of hydrogen-bond acceptors (Lipinski definition) is 3. The summed E-state index contributed by atoms with van der Waals surface area (Å²) >= 11 is 0. The molecule has 0 spiro atoms. The quantitative estimate of drug-likeness (QED) is 0.173. The Hall–Kier alpha value is -7.86. The topological polar surface area (TPSA) is 60.7 Å². The van der Waals surface area contributed by atoms with E-state index in [1.165, 1.54) is 10.8 Å². The van der Waals surface area contributed by atoms with Crippen molar-refractivity contribution in [1.82, 2.24) is 9.13 Å². The Morgan fingerprint density at radius 1 is 0.400 bits per heavy atom. The largest absolute Gasteiger partial charge is 0.310 e. The average molecular weight is 702 g/mol. The lowest BCUT2D eigenvalue weighted by Crippen LogP contribution is -2.09. The zero-order valence-corrected chi connectivity index (χ0v) is 29.6. The van der Waals surface area contributed by atoms with Gasteiger partial charge in [0, 0.05) is 44.3 Å².